The number of allylic oxidation sites excluding steroid dienone is 1. The summed E-state index contributed by atoms with van der Waals surface area (Å²) < 4.78 is 8.93. The molecule has 0 aromatic carbocycles. The molecule has 13 heavy (non-hydrogen) atoms. The smallest absolute Gasteiger partial charge is 0.359 e. The zero-order valence-electron chi connectivity index (χ0n) is 7.18. The first-order valence-corrected chi connectivity index (χ1v) is 3.57. The van der Waals surface area contributed by atoms with E-state index in [2.05, 4.69) is 9.47 Å². The number of hydrogen-bond donors (Lipinski definition) is 2. The Morgan fingerprint density at radius 1 is 1.31 bits per heavy atom. The van der Waals surface area contributed by atoms with E-state index < -0.39 is 11.7 Å². The van der Waals surface area contributed by atoms with E-state index in [0.29, 0.717) is 0 Å². The second-order valence-corrected chi connectivity index (χ2v) is 2.33. The predicted octanol–water partition coefficient (Wildman–Crippen LogP) is 0.926. The highest BCUT2D eigenvalue weighted by molar-refractivity contribution is 6.68. The molecule has 0 spiro atoms. The van der Waals surface area contributed by atoms with Gasteiger partial charge in [-0.05, 0) is 0 Å². The van der Waals surface area contributed by atoms with Crippen molar-refractivity contribution in [2.75, 3.05) is 14.2 Å². The summed E-state index contributed by atoms with van der Waals surface area (Å²) in [7, 11) is 2.42. The van der Waals surface area contributed by atoms with Crippen molar-refractivity contribution in [2.45, 2.75) is 0 Å². The van der Waals surface area contributed by atoms with E-state index in [1.807, 2.05) is 0 Å². The van der Waals surface area contributed by atoms with Gasteiger partial charge in [-0.3, -0.25) is 10.8 Å². The summed E-state index contributed by atoms with van der Waals surface area (Å²) in [5.74, 6) is -0.946. The summed E-state index contributed by atoms with van der Waals surface area (Å²) in [5.41, 5.74) is -0.476. The molecule has 6 heteroatoms. The topological polar surface area (TPSA) is 83.2 Å². The highest BCUT2D eigenvalue weighted by atomic mass is 35.5. The lowest BCUT2D eigenvalue weighted by Gasteiger charge is -2.04. The van der Waals surface area contributed by atoms with Gasteiger partial charge in [-0.1, -0.05) is 11.6 Å². The second kappa shape index (κ2) is 5.31. The average molecular weight is 205 g/mol. The molecule has 0 amide bonds. The molecule has 0 rings (SSSR count). The fourth-order valence-electron chi connectivity index (χ4n) is 0.551. The van der Waals surface area contributed by atoms with Crippen molar-refractivity contribution in [1.29, 1.82) is 10.8 Å². The molecule has 0 heterocycles. The number of ether oxygens (including phenoxy) is 2. The minimum absolute atomic E-state index is 0.105. The van der Waals surface area contributed by atoms with Gasteiger partial charge in [0.2, 0.25) is 0 Å². The van der Waals surface area contributed by atoms with Crippen LogP contribution in [0.2, 0.25) is 0 Å². The Kier molecular flexibility index (Phi) is 4.76. The van der Waals surface area contributed by atoms with Gasteiger partial charge in [-0.2, -0.15) is 0 Å². The van der Waals surface area contributed by atoms with E-state index in [4.69, 9.17) is 22.4 Å². The molecule has 0 unspecified atom stereocenters. The van der Waals surface area contributed by atoms with Crippen molar-refractivity contribution >= 4 is 28.5 Å². The maximum atomic E-state index is 10.8. The van der Waals surface area contributed by atoms with Crippen LogP contribution >= 0.6 is 11.6 Å². The summed E-state index contributed by atoms with van der Waals surface area (Å²) in [5, 5.41) is 13.8. The zero-order valence-corrected chi connectivity index (χ0v) is 7.94. The predicted molar refractivity (Wildman–Crippen MR) is 48.4 cm³/mol. The molecule has 0 atom stereocenters. The van der Waals surface area contributed by atoms with E-state index in [1.54, 1.807) is 0 Å². The normalized spacial score (nSPS) is 10.5. The van der Waals surface area contributed by atoms with Gasteiger partial charge in [0, 0.05) is 6.08 Å². The Morgan fingerprint density at radius 3 is 2.15 bits per heavy atom. The van der Waals surface area contributed by atoms with Crippen LogP contribution in [-0.2, 0) is 14.3 Å². The molecule has 72 valence electrons. The monoisotopic (exact) mass is 204 g/mol. The molecule has 0 aliphatic carbocycles. The Bertz CT molecular complexity index is 273. The highest BCUT2D eigenvalue weighted by Crippen LogP contribution is 2.01. The quantitative estimate of drug-likeness (QED) is 0.406. The Balaban J connectivity index is 4.69. The molecule has 5 nitrogen and oxygen atoms in total. The van der Waals surface area contributed by atoms with E-state index in [1.165, 1.54) is 7.11 Å². The third-order valence-electron chi connectivity index (χ3n) is 1.11. The average Bonchev–Trinajstić information content (AvgIpc) is 2.11. The zero-order chi connectivity index (χ0) is 10.4. The lowest BCUT2D eigenvalue weighted by molar-refractivity contribution is -0.132. The van der Waals surface area contributed by atoms with Gasteiger partial charge < -0.3 is 9.47 Å². The standard InChI is InChI=1S/C7H9ClN2O3/c1-12-4(3-5(8)9)6(10)7(11)13-2/h3,9-10H,1-2H3/b4-3+,9-5?,10-6?. The summed E-state index contributed by atoms with van der Waals surface area (Å²) in [4.78, 5) is 10.8. The van der Waals surface area contributed by atoms with Crippen LogP contribution in [0.3, 0.4) is 0 Å². The second-order valence-electron chi connectivity index (χ2n) is 1.93. The van der Waals surface area contributed by atoms with Crippen LogP contribution in [0, 0.1) is 10.8 Å². The third-order valence-corrected chi connectivity index (χ3v) is 1.22. The van der Waals surface area contributed by atoms with E-state index in [9.17, 15) is 4.79 Å². The van der Waals surface area contributed by atoms with Crippen LogP contribution in [0.1, 0.15) is 0 Å². The molecule has 0 saturated carbocycles. The summed E-state index contributed by atoms with van der Waals surface area (Å²) in [6.07, 6.45) is 1.04. The minimum Gasteiger partial charge on any atom is -0.494 e. The van der Waals surface area contributed by atoms with Gasteiger partial charge in [0.25, 0.3) is 0 Å². The first-order chi connectivity index (χ1) is 6.02. The summed E-state index contributed by atoms with van der Waals surface area (Å²) >= 11 is 5.22. The number of hydrogen-bond acceptors (Lipinski definition) is 5. The molecule has 0 radical (unpaired) electrons. The largest absolute Gasteiger partial charge is 0.494 e. The Labute approximate surface area is 80.3 Å². The maximum Gasteiger partial charge on any atom is 0.359 e. The molecule has 0 aromatic heterocycles. The molecule has 0 bridgehead atoms. The fraction of sp³-hybridized carbons (Fsp3) is 0.286. The molecule has 0 aliphatic rings. The maximum absolute atomic E-state index is 10.8. The lowest BCUT2D eigenvalue weighted by Crippen LogP contribution is -2.18. The molecule has 0 fully saturated rings. The van der Waals surface area contributed by atoms with Crippen LogP contribution in [0.5, 0.6) is 0 Å². The number of nitrogens with one attached hydrogen (secondary N) is 2. The van der Waals surface area contributed by atoms with Crippen LogP contribution in [-0.4, -0.2) is 31.1 Å². The van der Waals surface area contributed by atoms with Crippen molar-refractivity contribution in [1.82, 2.24) is 0 Å². The first kappa shape index (κ1) is 11.6. The van der Waals surface area contributed by atoms with Crippen molar-refractivity contribution in [3.63, 3.8) is 0 Å². The first-order valence-electron chi connectivity index (χ1n) is 3.20. The van der Waals surface area contributed by atoms with Crippen molar-refractivity contribution in [3.05, 3.63) is 11.8 Å². The number of rotatable bonds is 4. The van der Waals surface area contributed by atoms with Crippen LogP contribution in [0.4, 0.5) is 0 Å². The Hall–Kier alpha value is -1.36. The van der Waals surface area contributed by atoms with E-state index in [0.717, 1.165) is 13.2 Å². The van der Waals surface area contributed by atoms with Crippen LogP contribution in [0.15, 0.2) is 11.8 Å². The van der Waals surface area contributed by atoms with Gasteiger partial charge in [0.05, 0.1) is 14.2 Å². The summed E-state index contributed by atoms with van der Waals surface area (Å²) in [6, 6.07) is 0. The molecule has 0 aliphatic heterocycles. The van der Waals surface area contributed by atoms with Crippen molar-refractivity contribution in [2.24, 2.45) is 0 Å². The van der Waals surface area contributed by atoms with E-state index >= 15 is 0 Å². The number of halogens is 1. The molecule has 0 saturated heterocycles. The van der Waals surface area contributed by atoms with Gasteiger partial charge in [0.15, 0.2) is 11.5 Å². The van der Waals surface area contributed by atoms with Crippen LogP contribution < -0.4 is 0 Å². The minimum atomic E-state index is -0.842. The summed E-state index contributed by atoms with van der Waals surface area (Å²) in [6.45, 7) is 0. The molecular formula is C7H9ClN2O3. The van der Waals surface area contributed by atoms with Crippen molar-refractivity contribution in [3.8, 4) is 0 Å². The third kappa shape index (κ3) is 3.71. The lowest BCUT2D eigenvalue weighted by atomic mass is 10.3. The highest BCUT2D eigenvalue weighted by Gasteiger charge is 2.15. The van der Waals surface area contributed by atoms with Crippen molar-refractivity contribution < 1.29 is 14.3 Å². The fourth-order valence-corrected chi connectivity index (χ4v) is 0.650. The van der Waals surface area contributed by atoms with Gasteiger partial charge >= 0.3 is 5.97 Å². The van der Waals surface area contributed by atoms with E-state index in [-0.39, 0.29) is 10.9 Å². The number of esters is 1. The van der Waals surface area contributed by atoms with Gasteiger partial charge in [-0.15, -0.1) is 0 Å². The number of carbonyl (C=O) groups excluding carboxylic acids is 1. The molecule has 0 aromatic rings. The molecule has 2 N–H and O–H groups in total. The van der Waals surface area contributed by atoms with Gasteiger partial charge in [-0.25, -0.2) is 4.79 Å². The van der Waals surface area contributed by atoms with Crippen LogP contribution in [0.25, 0.3) is 0 Å². The van der Waals surface area contributed by atoms with Gasteiger partial charge in [0.1, 0.15) is 5.17 Å². The SMILES string of the molecule is COC(=O)C(=N)/C(=C\C(=N)Cl)OC. The number of carbonyl (C=O) groups is 1. The number of methoxy groups -OCH3 is 2. The Morgan fingerprint density at radius 2 is 1.85 bits per heavy atom. The molecular weight excluding hydrogens is 196 g/mol.